The topological polar surface area (TPSA) is 50.9 Å². The molecule has 21 heavy (non-hydrogen) atoms. The molecule has 0 bridgehead atoms. The van der Waals surface area contributed by atoms with E-state index >= 15 is 0 Å². The zero-order valence-corrected chi connectivity index (χ0v) is 11.5. The quantitative estimate of drug-likeness (QED) is 0.718. The second-order valence-electron chi connectivity index (χ2n) is 4.94. The second-order valence-corrected chi connectivity index (χ2v) is 4.94. The molecule has 0 aliphatic rings. The standard InChI is InChI=1S/C17H16FN3/c18-14-9-15(19)11-16(10-14)20-8-6-13-4-1-3-12-5-2-7-21-17(12)13/h1-5,7,9-11,20H,6,8,19H2. The first-order valence-electron chi connectivity index (χ1n) is 6.85. The first-order valence-corrected chi connectivity index (χ1v) is 6.85. The average Bonchev–Trinajstić information content (AvgIpc) is 2.46. The molecule has 4 heteroatoms. The van der Waals surface area contributed by atoms with E-state index in [4.69, 9.17) is 5.73 Å². The monoisotopic (exact) mass is 281 g/mol. The molecular formula is C17H16FN3. The molecule has 0 aliphatic carbocycles. The molecule has 0 saturated heterocycles. The molecule has 3 rings (SSSR count). The van der Waals surface area contributed by atoms with Crippen LogP contribution in [0.5, 0.6) is 0 Å². The smallest absolute Gasteiger partial charge is 0.127 e. The van der Waals surface area contributed by atoms with Gasteiger partial charge in [-0.3, -0.25) is 4.98 Å². The molecule has 0 radical (unpaired) electrons. The fraction of sp³-hybridized carbons (Fsp3) is 0.118. The second kappa shape index (κ2) is 5.79. The van der Waals surface area contributed by atoms with E-state index in [1.54, 1.807) is 12.3 Å². The van der Waals surface area contributed by atoms with Crippen molar-refractivity contribution in [2.24, 2.45) is 0 Å². The van der Waals surface area contributed by atoms with Crippen molar-refractivity contribution in [2.75, 3.05) is 17.6 Å². The number of pyridine rings is 1. The number of nitrogens with two attached hydrogens (primary N) is 1. The Bertz CT molecular complexity index is 745. The van der Waals surface area contributed by atoms with E-state index in [-0.39, 0.29) is 5.82 Å². The van der Waals surface area contributed by atoms with Crippen LogP contribution in [0, 0.1) is 5.82 Å². The summed E-state index contributed by atoms with van der Waals surface area (Å²) < 4.78 is 13.3. The Morgan fingerprint density at radius 1 is 1.10 bits per heavy atom. The highest BCUT2D eigenvalue weighted by Crippen LogP contribution is 2.18. The summed E-state index contributed by atoms with van der Waals surface area (Å²) in [4.78, 5) is 4.43. The number of nitrogen functional groups attached to an aromatic ring is 1. The predicted molar refractivity (Wildman–Crippen MR) is 84.7 cm³/mol. The van der Waals surface area contributed by atoms with Crippen LogP contribution in [0.4, 0.5) is 15.8 Å². The highest BCUT2D eigenvalue weighted by Gasteiger charge is 2.02. The van der Waals surface area contributed by atoms with Crippen LogP contribution in [-0.4, -0.2) is 11.5 Å². The Kier molecular flexibility index (Phi) is 3.69. The third kappa shape index (κ3) is 3.11. The number of benzene rings is 2. The molecular weight excluding hydrogens is 265 g/mol. The normalized spacial score (nSPS) is 10.7. The largest absolute Gasteiger partial charge is 0.399 e. The van der Waals surface area contributed by atoms with Crippen LogP contribution in [0.2, 0.25) is 0 Å². The maximum absolute atomic E-state index is 13.3. The minimum absolute atomic E-state index is 0.329. The Morgan fingerprint density at radius 3 is 2.81 bits per heavy atom. The van der Waals surface area contributed by atoms with Crippen LogP contribution in [0.1, 0.15) is 5.56 Å². The predicted octanol–water partition coefficient (Wildman–Crippen LogP) is 3.61. The highest BCUT2D eigenvalue weighted by molar-refractivity contribution is 5.81. The number of hydrogen-bond acceptors (Lipinski definition) is 3. The van der Waals surface area contributed by atoms with E-state index in [2.05, 4.69) is 16.4 Å². The van der Waals surface area contributed by atoms with Gasteiger partial charge >= 0.3 is 0 Å². The Hall–Kier alpha value is -2.62. The first-order chi connectivity index (χ1) is 10.2. The number of nitrogens with one attached hydrogen (secondary N) is 1. The minimum atomic E-state index is -0.329. The maximum Gasteiger partial charge on any atom is 0.127 e. The zero-order valence-electron chi connectivity index (χ0n) is 11.5. The summed E-state index contributed by atoms with van der Waals surface area (Å²) >= 11 is 0. The molecule has 0 spiro atoms. The Morgan fingerprint density at radius 2 is 1.95 bits per heavy atom. The van der Waals surface area contributed by atoms with E-state index < -0.39 is 0 Å². The van der Waals surface area contributed by atoms with E-state index in [9.17, 15) is 4.39 Å². The Labute approximate surface area is 122 Å². The van der Waals surface area contributed by atoms with Gasteiger partial charge in [-0.1, -0.05) is 24.3 Å². The summed E-state index contributed by atoms with van der Waals surface area (Å²) in [7, 11) is 0. The fourth-order valence-electron chi connectivity index (χ4n) is 2.43. The highest BCUT2D eigenvalue weighted by atomic mass is 19.1. The molecule has 0 aliphatic heterocycles. The average molecular weight is 281 g/mol. The lowest BCUT2D eigenvalue weighted by Gasteiger charge is -2.09. The van der Waals surface area contributed by atoms with Gasteiger partial charge in [0.1, 0.15) is 5.82 Å². The van der Waals surface area contributed by atoms with Gasteiger partial charge < -0.3 is 11.1 Å². The van der Waals surface area contributed by atoms with Gasteiger partial charge in [0.15, 0.2) is 0 Å². The van der Waals surface area contributed by atoms with E-state index in [1.807, 2.05) is 24.3 Å². The summed E-state index contributed by atoms with van der Waals surface area (Å²) in [6.07, 6.45) is 2.61. The summed E-state index contributed by atoms with van der Waals surface area (Å²) in [6, 6.07) is 14.6. The van der Waals surface area contributed by atoms with E-state index in [0.717, 1.165) is 17.3 Å². The first kappa shape index (κ1) is 13.4. The van der Waals surface area contributed by atoms with E-state index in [0.29, 0.717) is 17.9 Å². The van der Waals surface area contributed by atoms with E-state index in [1.165, 1.54) is 17.7 Å². The number of nitrogens with zero attached hydrogens (tertiary/aromatic N) is 1. The number of rotatable bonds is 4. The summed E-state index contributed by atoms with van der Waals surface area (Å²) in [5.41, 5.74) is 8.93. The molecule has 2 aromatic carbocycles. The van der Waals surface area contributed by atoms with Crippen LogP contribution >= 0.6 is 0 Å². The van der Waals surface area contributed by atoms with Crippen molar-refractivity contribution in [3.8, 4) is 0 Å². The number of halogens is 1. The van der Waals surface area contributed by atoms with Gasteiger partial charge in [-0.05, 0) is 36.2 Å². The van der Waals surface area contributed by atoms with Crippen molar-refractivity contribution >= 4 is 22.3 Å². The molecule has 0 amide bonds. The lowest BCUT2D eigenvalue weighted by atomic mass is 10.1. The fourth-order valence-corrected chi connectivity index (χ4v) is 2.43. The molecule has 3 N–H and O–H groups in total. The zero-order chi connectivity index (χ0) is 14.7. The molecule has 0 unspecified atom stereocenters. The molecule has 1 aromatic heterocycles. The van der Waals surface area contributed by atoms with Crippen molar-refractivity contribution in [1.82, 2.24) is 4.98 Å². The third-order valence-corrected chi connectivity index (χ3v) is 3.36. The number of para-hydroxylation sites is 1. The van der Waals surface area contributed by atoms with Crippen LogP contribution in [0.15, 0.2) is 54.7 Å². The number of fused-ring (bicyclic) bond motifs is 1. The molecule has 0 fully saturated rings. The van der Waals surface area contributed by atoms with Gasteiger partial charge in [-0.25, -0.2) is 4.39 Å². The summed E-state index contributed by atoms with van der Waals surface area (Å²) in [5, 5.41) is 4.32. The van der Waals surface area contributed by atoms with Crippen LogP contribution in [0.3, 0.4) is 0 Å². The number of hydrogen-bond donors (Lipinski definition) is 2. The lowest BCUT2D eigenvalue weighted by molar-refractivity contribution is 0.629. The van der Waals surface area contributed by atoms with Gasteiger partial charge in [0.05, 0.1) is 5.52 Å². The van der Waals surface area contributed by atoms with Gasteiger partial charge in [-0.2, -0.15) is 0 Å². The number of aromatic nitrogens is 1. The maximum atomic E-state index is 13.3. The van der Waals surface area contributed by atoms with Gasteiger partial charge in [0.25, 0.3) is 0 Å². The SMILES string of the molecule is Nc1cc(F)cc(NCCc2cccc3cccnc23)c1. The van der Waals surface area contributed by atoms with Gasteiger partial charge in [0.2, 0.25) is 0 Å². The van der Waals surface area contributed by atoms with Crippen LogP contribution in [0.25, 0.3) is 10.9 Å². The van der Waals surface area contributed by atoms with Crippen molar-refractivity contribution in [1.29, 1.82) is 0 Å². The molecule has 1 heterocycles. The molecule has 106 valence electrons. The Balaban J connectivity index is 1.72. The van der Waals surface area contributed by atoms with Crippen molar-refractivity contribution < 1.29 is 4.39 Å². The van der Waals surface area contributed by atoms with Crippen LogP contribution < -0.4 is 11.1 Å². The molecule has 3 nitrogen and oxygen atoms in total. The van der Waals surface area contributed by atoms with Crippen LogP contribution in [-0.2, 0) is 6.42 Å². The van der Waals surface area contributed by atoms with Gasteiger partial charge in [0, 0.05) is 29.5 Å². The molecule has 0 atom stereocenters. The third-order valence-electron chi connectivity index (χ3n) is 3.36. The van der Waals surface area contributed by atoms with Crippen molar-refractivity contribution in [3.05, 3.63) is 66.1 Å². The summed E-state index contributed by atoms with van der Waals surface area (Å²) in [6.45, 7) is 0.693. The van der Waals surface area contributed by atoms with Gasteiger partial charge in [-0.15, -0.1) is 0 Å². The molecule has 0 saturated carbocycles. The lowest BCUT2D eigenvalue weighted by Crippen LogP contribution is -2.06. The minimum Gasteiger partial charge on any atom is -0.399 e. The summed E-state index contributed by atoms with van der Waals surface area (Å²) in [5.74, 6) is -0.329. The number of anilines is 2. The van der Waals surface area contributed by atoms with Crippen molar-refractivity contribution in [3.63, 3.8) is 0 Å². The van der Waals surface area contributed by atoms with Crippen molar-refractivity contribution in [2.45, 2.75) is 6.42 Å². The molecule has 3 aromatic rings.